The average molecular weight is 368 g/mol. The van der Waals surface area contributed by atoms with Crippen molar-refractivity contribution < 1.29 is 9.28 Å². The van der Waals surface area contributed by atoms with E-state index in [1.807, 2.05) is 0 Å². The monoisotopic (exact) mass is 367 g/mol. The van der Waals surface area contributed by atoms with Gasteiger partial charge in [-0.1, -0.05) is 90.6 Å². The zero-order valence-electron chi connectivity index (χ0n) is 18.2. The number of carbonyl (C=O) groups is 1. The molecule has 0 saturated heterocycles. The summed E-state index contributed by atoms with van der Waals surface area (Å²) in [7, 11) is 4.50. The Bertz CT molecular complexity index is 339. The second kappa shape index (κ2) is 17.6. The molecular formula is C23H47N2O+. The smallest absolute Gasteiger partial charge is 0.243 e. The van der Waals surface area contributed by atoms with Crippen LogP contribution in [-0.4, -0.2) is 44.1 Å². The van der Waals surface area contributed by atoms with Crippen molar-refractivity contribution in [2.24, 2.45) is 0 Å². The minimum absolute atomic E-state index is 0.0681. The summed E-state index contributed by atoms with van der Waals surface area (Å²) in [6.45, 7) is 8.68. The second-order valence-corrected chi connectivity index (χ2v) is 8.47. The summed E-state index contributed by atoms with van der Waals surface area (Å²) < 4.78 is 0.982. The molecule has 0 aromatic rings. The molecule has 0 fully saturated rings. The molecule has 0 unspecified atom stereocenters. The highest BCUT2D eigenvalue weighted by Gasteiger charge is 2.13. The normalized spacial score (nSPS) is 11.5. The van der Waals surface area contributed by atoms with Crippen LogP contribution in [0.5, 0.6) is 0 Å². The number of nitrogens with zero attached hydrogens (tertiary/aromatic N) is 1. The van der Waals surface area contributed by atoms with Crippen molar-refractivity contribution in [1.82, 2.24) is 5.32 Å². The molecule has 0 atom stereocenters. The molecule has 0 bridgehead atoms. The van der Waals surface area contributed by atoms with Gasteiger partial charge in [-0.05, 0) is 18.9 Å². The molecule has 0 aromatic heterocycles. The summed E-state index contributed by atoms with van der Waals surface area (Å²) in [4.78, 5) is 11.2. The number of hydrogen-bond donors (Lipinski definition) is 1. The van der Waals surface area contributed by atoms with Crippen LogP contribution in [0, 0.1) is 0 Å². The summed E-state index contributed by atoms with van der Waals surface area (Å²) in [5.74, 6) is -0.0681. The Morgan fingerprint density at radius 3 is 1.62 bits per heavy atom. The van der Waals surface area contributed by atoms with Crippen molar-refractivity contribution in [1.29, 1.82) is 0 Å². The maximum absolute atomic E-state index is 11.2. The van der Waals surface area contributed by atoms with Gasteiger partial charge in [-0.15, -0.1) is 0 Å². The van der Waals surface area contributed by atoms with Crippen LogP contribution >= 0.6 is 0 Å². The molecule has 0 aliphatic carbocycles. The lowest BCUT2D eigenvalue weighted by molar-refractivity contribution is -0.889. The topological polar surface area (TPSA) is 29.1 Å². The van der Waals surface area contributed by atoms with Gasteiger partial charge in [0.25, 0.3) is 0 Å². The van der Waals surface area contributed by atoms with Gasteiger partial charge < -0.3 is 9.80 Å². The lowest BCUT2D eigenvalue weighted by atomic mass is 10.0. The number of carbonyl (C=O) groups excluding carboxylic acids is 1. The first-order valence-corrected chi connectivity index (χ1v) is 11.2. The minimum atomic E-state index is -0.0681. The van der Waals surface area contributed by atoms with Crippen LogP contribution in [0.3, 0.4) is 0 Å². The van der Waals surface area contributed by atoms with Gasteiger partial charge in [0.05, 0.1) is 33.7 Å². The molecule has 0 rings (SSSR count). The zero-order chi connectivity index (χ0) is 19.5. The SMILES string of the molecule is C=CC(=O)NCC[N+](C)(C)CCCCCCCCCCCCCCCC. The van der Waals surface area contributed by atoms with E-state index in [-0.39, 0.29) is 5.91 Å². The second-order valence-electron chi connectivity index (χ2n) is 8.47. The molecule has 1 N–H and O–H groups in total. The molecule has 0 radical (unpaired) electrons. The van der Waals surface area contributed by atoms with E-state index in [0.717, 1.165) is 17.6 Å². The van der Waals surface area contributed by atoms with E-state index in [2.05, 4.69) is 32.9 Å². The fourth-order valence-corrected chi connectivity index (χ4v) is 3.40. The molecule has 3 heteroatoms. The van der Waals surface area contributed by atoms with Gasteiger partial charge in [-0.3, -0.25) is 4.79 Å². The van der Waals surface area contributed by atoms with Crippen molar-refractivity contribution >= 4 is 5.91 Å². The van der Waals surface area contributed by atoms with Crippen molar-refractivity contribution in [3.8, 4) is 0 Å². The Labute approximate surface area is 164 Å². The number of likely N-dealkylation sites (N-methyl/N-ethyl adjacent to an activating group) is 1. The largest absolute Gasteiger partial charge is 0.347 e. The summed E-state index contributed by atoms with van der Waals surface area (Å²) in [5.41, 5.74) is 0. The molecular weight excluding hydrogens is 320 g/mol. The summed E-state index contributed by atoms with van der Waals surface area (Å²) >= 11 is 0. The van der Waals surface area contributed by atoms with Crippen LogP contribution in [0.4, 0.5) is 0 Å². The van der Waals surface area contributed by atoms with Gasteiger partial charge in [-0.2, -0.15) is 0 Å². The third-order valence-electron chi connectivity index (χ3n) is 5.32. The van der Waals surface area contributed by atoms with E-state index in [1.54, 1.807) is 0 Å². The highest BCUT2D eigenvalue weighted by atomic mass is 16.1. The number of nitrogens with one attached hydrogen (secondary N) is 1. The molecule has 154 valence electrons. The van der Waals surface area contributed by atoms with Crippen molar-refractivity contribution in [3.63, 3.8) is 0 Å². The van der Waals surface area contributed by atoms with Gasteiger partial charge in [0, 0.05) is 0 Å². The highest BCUT2D eigenvalue weighted by molar-refractivity contribution is 5.86. The Kier molecular flexibility index (Phi) is 17.0. The molecule has 0 aliphatic heterocycles. The first-order chi connectivity index (χ1) is 12.5. The van der Waals surface area contributed by atoms with E-state index in [4.69, 9.17) is 0 Å². The fraction of sp³-hybridized carbons (Fsp3) is 0.870. The standard InChI is InChI=1S/C23H46N2O/c1-5-7-8-9-10-11-12-13-14-15-16-17-18-19-21-25(3,4)22-20-24-23(26)6-2/h6H,2,5,7-22H2,1,3-4H3/p+1. The highest BCUT2D eigenvalue weighted by Crippen LogP contribution is 2.13. The van der Waals surface area contributed by atoms with Gasteiger partial charge in [-0.25, -0.2) is 0 Å². The van der Waals surface area contributed by atoms with Crippen LogP contribution in [0.2, 0.25) is 0 Å². The number of quaternary nitrogens is 1. The zero-order valence-corrected chi connectivity index (χ0v) is 18.2. The van der Waals surface area contributed by atoms with Crippen molar-refractivity contribution in [2.75, 3.05) is 33.7 Å². The molecule has 3 nitrogen and oxygen atoms in total. The van der Waals surface area contributed by atoms with Crippen molar-refractivity contribution in [2.45, 2.75) is 96.8 Å². The summed E-state index contributed by atoms with van der Waals surface area (Å²) in [6.07, 6.45) is 21.0. The summed E-state index contributed by atoms with van der Waals surface area (Å²) in [5, 5.41) is 2.87. The quantitative estimate of drug-likeness (QED) is 0.173. The van der Waals surface area contributed by atoms with E-state index < -0.39 is 0 Å². The predicted molar refractivity (Wildman–Crippen MR) is 115 cm³/mol. The van der Waals surface area contributed by atoms with E-state index in [0.29, 0.717) is 0 Å². The van der Waals surface area contributed by atoms with E-state index >= 15 is 0 Å². The lowest BCUT2D eigenvalue weighted by Crippen LogP contribution is -2.45. The average Bonchev–Trinajstić information content (AvgIpc) is 2.61. The maximum atomic E-state index is 11.2. The third kappa shape index (κ3) is 18.0. The van der Waals surface area contributed by atoms with Crippen LogP contribution in [0.15, 0.2) is 12.7 Å². The number of rotatable bonds is 19. The molecule has 0 saturated carbocycles. The molecule has 0 aliphatic rings. The summed E-state index contributed by atoms with van der Waals surface area (Å²) in [6, 6.07) is 0. The van der Waals surface area contributed by atoms with Gasteiger partial charge in [0.1, 0.15) is 0 Å². The predicted octanol–water partition coefficient (Wildman–Crippen LogP) is 5.85. The van der Waals surface area contributed by atoms with Gasteiger partial charge in [0.2, 0.25) is 5.91 Å². The first-order valence-electron chi connectivity index (χ1n) is 11.2. The minimum Gasteiger partial charge on any atom is -0.347 e. The van der Waals surface area contributed by atoms with Gasteiger partial charge >= 0.3 is 0 Å². The number of unbranched alkanes of at least 4 members (excludes halogenated alkanes) is 13. The third-order valence-corrected chi connectivity index (χ3v) is 5.32. The van der Waals surface area contributed by atoms with Crippen LogP contribution in [0.25, 0.3) is 0 Å². The molecule has 1 amide bonds. The Hall–Kier alpha value is -0.830. The molecule has 0 heterocycles. The van der Waals surface area contributed by atoms with Crippen LogP contribution in [-0.2, 0) is 4.79 Å². The van der Waals surface area contributed by atoms with E-state index in [9.17, 15) is 4.79 Å². The number of amides is 1. The maximum Gasteiger partial charge on any atom is 0.243 e. The van der Waals surface area contributed by atoms with Crippen LogP contribution in [0.1, 0.15) is 96.8 Å². The van der Waals surface area contributed by atoms with Gasteiger partial charge in [0.15, 0.2) is 0 Å². The molecule has 0 spiro atoms. The first kappa shape index (κ1) is 25.2. The van der Waals surface area contributed by atoms with E-state index in [1.165, 1.54) is 103 Å². The Balaban J connectivity index is 3.31. The molecule has 0 aromatic carbocycles. The Morgan fingerprint density at radius 1 is 0.769 bits per heavy atom. The van der Waals surface area contributed by atoms with Crippen molar-refractivity contribution in [3.05, 3.63) is 12.7 Å². The molecule has 26 heavy (non-hydrogen) atoms. The number of hydrogen-bond acceptors (Lipinski definition) is 1. The lowest BCUT2D eigenvalue weighted by Gasteiger charge is -2.29. The Morgan fingerprint density at radius 2 is 1.19 bits per heavy atom. The fourth-order valence-electron chi connectivity index (χ4n) is 3.40. The van der Waals surface area contributed by atoms with Crippen LogP contribution < -0.4 is 5.32 Å².